The van der Waals surface area contributed by atoms with Crippen LogP contribution in [0.4, 0.5) is 5.82 Å². The van der Waals surface area contributed by atoms with Gasteiger partial charge in [0.05, 0.1) is 0 Å². The van der Waals surface area contributed by atoms with Gasteiger partial charge >= 0.3 is 0 Å². The number of rotatable bonds is 4. The molecule has 0 radical (unpaired) electrons. The minimum absolute atomic E-state index is 0.0493. The number of nitrogens with zero attached hydrogens (tertiary/aromatic N) is 2. The van der Waals surface area contributed by atoms with Gasteiger partial charge in [0.1, 0.15) is 0 Å². The summed E-state index contributed by atoms with van der Waals surface area (Å²) < 4.78 is 1.64. The minimum atomic E-state index is -0.104. The normalized spacial score (nSPS) is 12.9. The smallest absolute Gasteiger partial charge is 0.293 e. The Hall–Kier alpha value is -1.36. The summed E-state index contributed by atoms with van der Waals surface area (Å²) in [5.74, 6) is 0.365. The molecular formula is C10H18N4O. The zero-order valence-corrected chi connectivity index (χ0v) is 9.40. The van der Waals surface area contributed by atoms with E-state index in [-0.39, 0.29) is 17.6 Å². The van der Waals surface area contributed by atoms with Gasteiger partial charge in [0.25, 0.3) is 5.56 Å². The van der Waals surface area contributed by atoms with E-state index in [1.807, 2.05) is 20.8 Å². The Morgan fingerprint density at radius 2 is 2.20 bits per heavy atom. The van der Waals surface area contributed by atoms with Gasteiger partial charge in [0, 0.05) is 31.0 Å². The van der Waals surface area contributed by atoms with E-state index in [0.717, 1.165) is 0 Å². The van der Waals surface area contributed by atoms with Crippen molar-refractivity contribution < 1.29 is 0 Å². The molecule has 15 heavy (non-hydrogen) atoms. The number of anilines is 1. The lowest BCUT2D eigenvalue weighted by molar-refractivity contribution is 0.574. The van der Waals surface area contributed by atoms with Crippen molar-refractivity contribution in [2.24, 2.45) is 5.73 Å². The fourth-order valence-corrected chi connectivity index (χ4v) is 1.22. The van der Waals surface area contributed by atoms with Crippen LogP contribution in [0.15, 0.2) is 17.2 Å². The summed E-state index contributed by atoms with van der Waals surface area (Å²) in [6, 6.07) is 0.183. The van der Waals surface area contributed by atoms with Gasteiger partial charge in [-0.05, 0) is 20.8 Å². The van der Waals surface area contributed by atoms with E-state index < -0.39 is 0 Å². The SMILES string of the molecule is CC(CN)Nc1nccn(C(C)C)c1=O. The first-order chi connectivity index (χ1) is 7.06. The van der Waals surface area contributed by atoms with Gasteiger partial charge in [-0.3, -0.25) is 4.79 Å². The van der Waals surface area contributed by atoms with Crippen molar-refractivity contribution in [3.8, 4) is 0 Å². The standard InChI is InChI=1S/C10H18N4O/c1-7(2)14-5-4-12-9(10(14)15)13-8(3)6-11/h4-5,7-8H,6,11H2,1-3H3,(H,12,13). The Balaban J connectivity index is 3.00. The maximum Gasteiger partial charge on any atom is 0.293 e. The molecule has 0 spiro atoms. The van der Waals surface area contributed by atoms with E-state index in [4.69, 9.17) is 5.73 Å². The van der Waals surface area contributed by atoms with Crippen LogP contribution in [0, 0.1) is 0 Å². The quantitative estimate of drug-likeness (QED) is 0.762. The molecule has 1 unspecified atom stereocenters. The van der Waals surface area contributed by atoms with Crippen LogP contribution >= 0.6 is 0 Å². The summed E-state index contributed by atoms with van der Waals surface area (Å²) in [4.78, 5) is 15.9. The maximum atomic E-state index is 11.9. The summed E-state index contributed by atoms with van der Waals surface area (Å²) in [6.07, 6.45) is 3.30. The molecule has 0 amide bonds. The van der Waals surface area contributed by atoms with Crippen LogP contribution in [0.3, 0.4) is 0 Å². The van der Waals surface area contributed by atoms with E-state index in [1.165, 1.54) is 0 Å². The van der Waals surface area contributed by atoms with Crippen molar-refractivity contribution in [1.82, 2.24) is 9.55 Å². The summed E-state index contributed by atoms with van der Waals surface area (Å²) in [5, 5.41) is 2.99. The molecule has 1 heterocycles. The zero-order chi connectivity index (χ0) is 11.4. The topological polar surface area (TPSA) is 72.9 Å². The van der Waals surface area contributed by atoms with Gasteiger partial charge < -0.3 is 15.6 Å². The number of nitrogens with two attached hydrogens (primary N) is 1. The fraction of sp³-hybridized carbons (Fsp3) is 0.600. The van der Waals surface area contributed by atoms with Gasteiger partial charge in [0.2, 0.25) is 0 Å². The average Bonchev–Trinajstić information content (AvgIpc) is 2.20. The molecule has 1 rings (SSSR count). The molecule has 0 saturated carbocycles. The highest BCUT2D eigenvalue weighted by Crippen LogP contribution is 2.02. The average molecular weight is 210 g/mol. The Kier molecular flexibility index (Phi) is 3.85. The van der Waals surface area contributed by atoms with Crippen LogP contribution in [0.1, 0.15) is 26.8 Å². The third-order valence-corrected chi connectivity index (χ3v) is 2.16. The van der Waals surface area contributed by atoms with Crippen LogP contribution in [0.5, 0.6) is 0 Å². The first kappa shape index (κ1) is 11.7. The molecule has 0 aliphatic heterocycles. The first-order valence-electron chi connectivity index (χ1n) is 5.10. The zero-order valence-electron chi connectivity index (χ0n) is 9.40. The van der Waals surface area contributed by atoms with Crippen molar-refractivity contribution in [2.45, 2.75) is 32.9 Å². The largest absolute Gasteiger partial charge is 0.362 e. The van der Waals surface area contributed by atoms with Crippen LogP contribution in [0.25, 0.3) is 0 Å². The minimum Gasteiger partial charge on any atom is -0.362 e. The lowest BCUT2D eigenvalue weighted by atomic mass is 10.3. The van der Waals surface area contributed by atoms with E-state index in [0.29, 0.717) is 12.4 Å². The van der Waals surface area contributed by atoms with E-state index >= 15 is 0 Å². The van der Waals surface area contributed by atoms with E-state index in [9.17, 15) is 4.79 Å². The van der Waals surface area contributed by atoms with Crippen molar-refractivity contribution in [3.63, 3.8) is 0 Å². The fourth-order valence-electron chi connectivity index (χ4n) is 1.22. The third-order valence-electron chi connectivity index (χ3n) is 2.16. The van der Waals surface area contributed by atoms with Crippen molar-refractivity contribution in [1.29, 1.82) is 0 Å². The van der Waals surface area contributed by atoms with E-state index in [1.54, 1.807) is 17.0 Å². The molecule has 1 atom stereocenters. The monoisotopic (exact) mass is 210 g/mol. The molecule has 5 nitrogen and oxygen atoms in total. The van der Waals surface area contributed by atoms with Crippen LogP contribution in [-0.2, 0) is 0 Å². The van der Waals surface area contributed by atoms with Crippen molar-refractivity contribution in [3.05, 3.63) is 22.7 Å². The van der Waals surface area contributed by atoms with E-state index in [2.05, 4.69) is 10.3 Å². The molecular weight excluding hydrogens is 192 g/mol. The summed E-state index contributed by atoms with van der Waals surface area (Å²) in [5.41, 5.74) is 5.36. The number of hydrogen-bond acceptors (Lipinski definition) is 4. The Labute approximate surface area is 89.3 Å². The highest BCUT2D eigenvalue weighted by molar-refractivity contribution is 5.32. The van der Waals surface area contributed by atoms with Gasteiger partial charge in [-0.15, -0.1) is 0 Å². The third kappa shape index (κ3) is 2.79. The second-order valence-electron chi connectivity index (χ2n) is 3.86. The van der Waals surface area contributed by atoms with Crippen molar-refractivity contribution in [2.75, 3.05) is 11.9 Å². The highest BCUT2D eigenvalue weighted by atomic mass is 16.1. The summed E-state index contributed by atoms with van der Waals surface area (Å²) in [6.45, 7) is 6.29. The molecule has 3 N–H and O–H groups in total. The predicted molar refractivity (Wildman–Crippen MR) is 61.0 cm³/mol. The molecule has 1 aromatic rings. The van der Waals surface area contributed by atoms with Crippen molar-refractivity contribution >= 4 is 5.82 Å². The molecule has 0 aliphatic rings. The first-order valence-corrected chi connectivity index (χ1v) is 5.10. The lowest BCUT2D eigenvalue weighted by Crippen LogP contribution is -2.32. The van der Waals surface area contributed by atoms with Crippen LogP contribution < -0.4 is 16.6 Å². The number of hydrogen-bond donors (Lipinski definition) is 2. The summed E-state index contributed by atoms with van der Waals surface area (Å²) >= 11 is 0. The second kappa shape index (κ2) is 4.93. The van der Waals surface area contributed by atoms with Gasteiger partial charge in [-0.25, -0.2) is 4.98 Å². The summed E-state index contributed by atoms with van der Waals surface area (Å²) in [7, 11) is 0. The molecule has 0 aliphatic carbocycles. The molecule has 84 valence electrons. The van der Waals surface area contributed by atoms with Crippen LogP contribution in [-0.4, -0.2) is 22.1 Å². The molecule has 0 aromatic carbocycles. The molecule has 1 aromatic heterocycles. The van der Waals surface area contributed by atoms with Crippen LogP contribution in [0.2, 0.25) is 0 Å². The number of aromatic nitrogens is 2. The molecule has 5 heteroatoms. The second-order valence-corrected chi connectivity index (χ2v) is 3.86. The highest BCUT2D eigenvalue weighted by Gasteiger charge is 2.08. The van der Waals surface area contributed by atoms with Gasteiger partial charge in [0.15, 0.2) is 5.82 Å². The Morgan fingerprint density at radius 3 is 2.73 bits per heavy atom. The molecule has 0 bridgehead atoms. The Morgan fingerprint density at radius 1 is 1.53 bits per heavy atom. The van der Waals surface area contributed by atoms with Gasteiger partial charge in [-0.2, -0.15) is 0 Å². The maximum absolute atomic E-state index is 11.9. The predicted octanol–water partition coefficient (Wildman–Crippen LogP) is 0.583. The Bertz CT molecular complexity index is 372. The lowest BCUT2D eigenvalue weighted by Gasteiger charge is -2.14. The van der Waals surface area contributed by atoms with Gasteiger partial charge in [-0.1, -0.05) is 0 Å². The molecule has 0 saturated heterocycles. The molecule has 0 fully saturated rings. The number of nitrogens with one attached hydrogen (secondary N) is 1.